The van der Waals surface area contributed by atoms with Gasteiger partial charge >= 0.3 is 0 Å². The molecule has 1 aliphatic heterocycles. The van der Waals surface area contributed by atoms with Crippen molar-refractivity contribution < 1.29 is 4.52 Å². The van der Waals surface area contributed by atoms with Crippen LogP contribution in [0.2, 0.25) is 5.02 Å². The predicted octanol–water partition coefficient (Wildman–Crippen LogP) is 4.86. The third kappa shape index (κ3) is 5.38. The number of rotatable bonds is 5. The summed E-state index contributed by atoms with van der Waals surface area (Å²) < 4.78 is 5.37. The average Bonchev–Trinajstić information content (AvgIpc) is 2.91. The summed E-state index contributed by atoms with van der Waals surface area (Å²) in [5.41, 5.74) is 2.79. The number of benzene rings is 1. The van der Waals surface area contributed by atoms with Crippen LogP contribution in [0.5, 0.6) is 0 Å². The second-order valence-corrected chi connectivity index (χ2v) is 8.99. The molecule has 1 aromatic heterocycles. The summed E-state index contributed by atoms with van der Waals surface area (Å²) in [6, 6.07) is 4.23. The standard InChI is InChI=1S/C19H26ClN3OS.ClH/c1-19(2,3)18-22-16(24-23-18)5-4-12-25-17-14-9-11-21-10-8-13(14)6-7-15(17)20;/h6-7,21H,4-5,8-12H2,1-3H3;1H. The number of aryl methyl sites for hydroxylation is 1. The maximum Gasteiger partial charge on any atom is 0.226 e. The maximum absolute atomic E-state index is 6.48. The fourth-order valence-electron chi connectivity index (χ4n) is 2.92. The molecule has 3 rings (SSSR count). The lowest BCUT2D eigenvalue weighted by Crippen LogP contribution is -2.16. The number of nitrogens with zero attached hydrogens (tertiary/aromatic N) is 2. The Balaban J connectivity index is 0.00000243. The van der Waals surface area contributed by atoms with E-state index in [1.165, 1.54) is 16.0 Å². The lowest BCUT2D eigenvalue weighted by Gasteiger charge is -2.13. The van der Waals surface area contributed by atoms with Crippen molar-refractivity contribution in [1.82, 2.24) is 15.5 Å². The Morgan fingerprint density at radius 2 is 2.00 bits per heavy atom. The van der Waals surface area contributed by atoms with E-state index >= 15 is 0 Å². The number of thioether (sulfide) groups is 1. The van der Waals surface area contributed by atoms with Gasteiger partial charge in [0.1, 0.15) is 0 Å². The van der Waals surface area contributed by atoms with Crippen molar-refractivity contribution in [2.45, 2.75) is 56.8 Å². The van der Waals surface area contributed by atoms with Crippen molar-refractivity contribution >= 4 is 35.8 Å². The number of aromatic nitrogens is 2. The molecule has 0 aliphatic carbocycles. The largest absolute Gasteiger partial charge is 0.339 e. The first kappa shape index (κ1) is 21.5. The number of fused-ring (bicyclic) bond motifs is 1. The van der Waals surface area contributed by atoms with Crippen LogP contribution in [0.4, 0.5) is 0 Å². The second-order valence-electron chi connectivity index (χ2n) is 7.48. The van der Waals surface area contributed by atoms with Crippen LogP contribution in [0.3, 0.4) is 0 Å². The smallest absolute Gasteiger partial charge is 0.226 e. The van der Waals surface area contributed by atoms with Crippen molar-refractivity contribution in [3.05, 3.63) is 40.0 Å². The predicted molar refractivity (Wildman–Crippen MR) is 111 cm³/mol. The van der Waals surface area contributed by atoms with E-state index in [0.717, 1.165) is 61.3 Å². The second kappa shape index (κ2) is 9.45. The SMILES string of the molecule is CC(C)(C)c1noc(CCCSc2c(Cl)ccc3c2CCNCC3)n1.Cl. The molecule has 1 aliphatic rings. The van der Waals surface area contributed by atoms with Gasteiger partial charge in [0.15, 0.2) is 5.82 Å². The number of hydrogen-bond donors (Lipinski definition) is 1. The number of halogens is 2. The van der Waals surface area contributed by atoms with Gasteiger partial charge in [0.2, 0.25) is 5.89 Å². The van der Waals surface area contributed by atoms with Gasteiger partial charge in [0, 0.05) is 16.7 Å². The van der Waals surface area contributed by atoms with Crippen LogP contribution < -0.4 is 5.32 Å². The van der Waals surface area contributed by atoms with Crippen LogP contribution in [-0.2, 0) is 24.7 Å². The summed E-state index contributed by atoms with van der Waals surface area (Å²) in [7, 11) is 0. The van der Waals surface area contributed by atoms with Crippen molar-refractivity contribution in [3.63, 3.8) is 0 Å². The molecule has 2 aromatic rings. The van der Waals surface area contributed by atoms with Gasteiger partial charge in [-0.3, -0.25) is 0 Å². The minimum atomic E-state index is -0.0698. The molecule has 1 aromatic carbocycles. The van der Waals surface area contributed by atoms with E-state index < -0.39 is 0 Å². The Bertz CT molecular complexity index is 728. The Hall–Kier alpha value is -0.750. The summed E-state index contributed by atoms with van der Waals surface area (Å²) >= 11 is 8.33. The molecule has 0 amide bonds. The van der Waals surface area contributed by atoms with Crippen LogP contribution in [0.15, 0.2) is 21.6 Å². The van der Waals surface area contributed by atoms with Gasteiger partial charge in [-0.05, 0) is 55.3 Å². The first-order chi connectivity index (χ1) is 11.9. The topological polar surface area (TPSA) is 51.0 Å². The van der Waals surface area contributed by atoms with Crippen LogP contribution in [-0.4, -0.2) is 29.0 Å². The van der Waals surface area contributed by atoms with Crippen LogP contribution in [0, 0.1) is 0 Å². The molecule has 4 nitrogen and oxygen atoms in total. The zero-order chi connectivity index (χ0) is 17.9. The van der Waals surface area contributed by atoms with Crippen LogP contribution >= 0.6 is 35.8 Å². The Morgan fingerprint density at radius 3 is 2.73 bits per heavy atom. The molecule has 0 atom stereocenters. The lowest BCUT2D eigenvalue weighted by atomic mass is 9.96. The van der Waals surface area contributed by atoms with Crippen molar-refractivity contribution in [2.75, 3.05) is 18.8 Å². The minimum absolute atomic E-state index is 0. The quantitative estimate of drug-likeness (QED) is 0.558. The van der Waals surface area contributed by atoms with Gasteiger partial charge in [-0.25, -0.2) is 0 Å². The molecule has 26 heavy (non-hydrogen) atoms. The van der Waals surface area contributed by atoms with E-state index in [2.05, 4.69) is 42.3 Å². The van der Waals surface area contributed by atoms with Crippen molar-refractivity contribution in [2.24, 2.45) is 0 Å². The molecule has 0 saturated heterocycles. The molecular formula is C19H27Cl2N3OS. The van der Waals surface area contributed by atoms with Gasteiger partial charge in [-0.15, -0.1) is 24.2 Å². The normalized spacial score (nSPS) is 14.5. The van der Waals surface area contributed by atoms with E-state index in [-0.39, 0.29) is 17.8 Å². The van der Waals surface area contributed by atoms with Gasteiger partial charge in [0.05, 0.1) is 5.02 Å². The Kier molecular flexibility index (Phi) is 7.83. The first-order valence-electron chi connectivity index (χ1n) is 8.92. The van der Waals surface area contributed by atoms with Gasteiger partial charge in [0.25, 0.3) is 0 Å². The Labute approximate surface area is 171 Å². The number of hydrogen-bond acceptors (Lipinski definition) is 5. The summed E-state index contributed by atoms with van der Waals surface area (Å²) in [4.78, 5) is 5.76. The maximum atomic E-state index is 6.48. The van der Waals surface area contributed by atoms with Gasteiger partial charge in [-0.2, -0.15) is 4.98 Å². The van der Waals surface area contributed by atoms with Crippen LogP contribution in [0.25, 0.3) is 0 Å². The molecule has 0 unspecified atom stereocenters. The summed E-state index contributed by atoms with van der Waals surface area (Å²) in [6.07, 6.45) is 3.94. The van der Waals surface area contributed by atoms with E-state index in [1.54, 1.807) is 0 Å². The van der Waals surface area contributed by atoms with E-state index in [1.807, 2.05) is 17.8 Å². The molecule has 144 valence electrons. The third-order valence-corrected chi connectivity index (χ3v) is 6.03. The zero-order valence-electron chi connectivity index (χ0n) is 15.6. The molecule has 2 heterocycles. The summed E-state index contributed by atoms with van der Waals surface area (Å²) in [5, 5.41) is 8.42. The highest BCUT2D eigenvalue weighted by atomic mass is 35.5. The summed E-state index contributed by atoms with van der Waals surface area (Å²) in [6.45, 7) is 8.35. The van der Waals surface area contributed by atoms with Crippen molar-refractivity contribution in [3.8, 4) is 0 Å². The third-order valence-electron chi connectivity index (χ3n) is 4.35. The monoisotopic (exact) mass is 415 g/mol. The molecule has 0 fully saturated rings. The lowest BCUT2D eigenvalue weighted by molar-refractivity contribution is 0.362. The minimum Gasteiger partial charge on any atom is -0.339 e. The molecule has 1 N–H and O–H groups in total. The average molecular weight is 416 g/mol. The zero-order valence-corrected chi connectivity index (χ0v) is 18.0. The fourth-order valence-corrected chi connectivity index (χ4v) is 4.37. The van der Waals surface area contributed by atoms with E-state index in [4.69, 9.17) is 16.1 Å². The number of nitrogens with one attached hydrogen (secondary N) is 1. The highest BCUT2D eigenvalue weighted by molar-refractivity contribution is 7.99. The molecule has 0 saturated carbocycles. The molecule has 7 heteroatoms. The van der Waals surface area contributed by atoms with Crippen molar-refractivity contribution in [1.29, 1.82) is 0 Å². The Morgan fingerprint density at radius 1 is 1.23 bits per heavy atom. The van der Waals surface area contributed by atoms with E-state index in [9.17, 15) is 0 Å². The fraction of sp³-hybridized carbons (Fsp3) is 0.579. The molecular weight excluding hydrogens is 389 g/mol. The molecule has 0 spiro atoms. The highest BCUT2D eigenvalue weighted by Gasteiger charge is 2.21. The highest BCUT2D eigenvalue weighted by Crippen LogP contribution is 2.34. The molecule has 0 radical (unpaired) electrons. The first-order valence-corrected chi connectivity index (χ1v) is 10.3. The summed E-state index contributed by atoms with van der Waals surface area (Å²) in [5.74, 6) is 2.50. The van der Waals surface area contributed by atoms with E-state index in [0.29, 0.717) is 0 Å². The van der Waals surface area contributed by atoms with Gasteiger partial charge < -0.3 is 9.84 Å². The van der Waals surface area contributed by atoms with Crippen LogP contribution in [0.1, 0.15) is 50.0 Å². The van der Waals surface area contributed by atoms with Gasteiger partial charge in [-0.1, -0.05) is 43.6 Å². The molecule has 0 bridgehead atoms.